The van der Waals surface area contributed by atoms with E-state index in [1.54, 1.807) is 7.05 Å². The maximum absolute atomic E-state index is 13.5. The first-order valence-corrected chi connectivity index (χ1v) is 5.71. The number of nitrogens with zero attached hydrogens (tertiary/aromatic N) is 2. The lowest BCUT2D eigenvalue weighted by molar-refractivity contribution is 0.161. The highest BCUT2D eigenvalue weighted by molar-refractivity contribution is 5.29. The van der Waals surface area contributed by atoms with Gasteiger partial charge in [0.05, 0.1) is 13.3 Å². The molecule has 6 heteroatoms. The second-order valence-corrected chi connectivity index (χ2v) is 4.14. The number of aryl methyl sites for hydroxylation is 1. The Kier molecular flexibility index (Phi) is 3.80. The molecule has 1 atom stereocenters. The van der Waals surface area contributed by atoms with Crippen LogP contribution in [0.5, 0.6) is 5.75 Å². The van der Waals surface area contributed by atoms with Crippen molar-refractivity contribution < 1.29 is 18.6 Å². The zero-order valence-electron chi connectivity index (χ0n) is 10.6. The van der Waals surface area contributed by atoms with E-state index in [-0.39, 0.29) is 12.0 Å². The van der Waals surface area contributed by atoms with Gasteiger partial charge in [0, 0.05) is 19.0 Å². The molecule has 0 radical (unpaired) electrons. The Hall–Kier alpha value is -1.95. The van der Waals surface area contributed by atoms with Crippen molar-refractivity contribution in [2.24, 2.45) is 7.05 Å². The summed E-state index contributed by atoms with van der Waals surface area (Å²) in [5.41, 5.74) is 0.225. The summed E-state index contributed by atoms with van der Waals surface area (Å²) in [6.07, 6.45) is 0.152. The maximum atomic E-state index is 13.5. The molecule has 1 aromatic heterocycles. The van der Waals surface area contributed by atoms with Crippen molar-refractivity contribution in [3.8, 4) is 5.75 Å². The van der Waals surface area contributed by atoms with E-state index < -0.39 is 17.7 Å². The molecule has 19 heavy (non-hydrogen) atoms. The van der Waals surface area contributed by atoms with Gasteiger partial charge in [-0.25, -0.2) is 8.78 Å². The minimum absolute atomic E-state index is 0.154. The molecule has 2 rings (SSSR count). The highest BCUT2D eigenvalue weighted by atomic mass is 19.1. The number of hydrogen-bond acceptors (Lipinski definition) is 3. The average Bonchev–Trinajstić information content (AvgIpc) is 2.75. The van der Waals surface area contributed by atoms with Gasteiger partial charge < -0.3 is 9.84 Å². The van der Waals surface area contributed by atoms with Gasteiger partial charge >= 0.3 is 0 Å². The number of hydrogen-bond donors (Lipinski definition) is 1. The summed E-state index contributed by atoms with van der Waals surface area (Å²) < 4.78 is 33.5. The summed E-state index contributed by atoms with van der Waals surface area (Å²) in [6, 6.07) is 3.60. The van der Waals surface area contributed by atoms with E-state index in [1.807, 2.05) is 0 Å². The predicted molar refractivity (Wildman–Crippen MR) is 64.8 cm³/mol. The minimum Gasteiger partial charge on any atom is -0.493 e. The Morgan fingerprint density at radius 3 is 2.58 bits per heavy atom. The van der Waals surface area contributed by atoms with Crippen LogP contribution in [0.3, 0.4) is 0 Å². The number of rotatable bonds is 4. The number of ether oxygens (including phenoxy) is 1. The largest absolute Gasteiger partial charge is 0.493 e. The lowest BCUT2D eigenvalue weighted by Crippen LogP contribution is -2.11. The molecule has 0 saturated heterocycles. The zero-order chi connectivity index (χ0) is 14.0. The van der Waals surface area contributed by atoms with Crippen LogP contribution in [0.1, 0.15) is 17.4 Å². The van der Waals surface area contributed by atoms with Crippen LogP contribution in [0.15, 0.2) is 24.4 Å². The first kappa shape index (κ1) is 13.5. The fourth-order valence-electron chi connectivity index (χ4n) is 1.98. The van der Waals surface area contributed by atoms with E-state index in [0.717, 1.165) is 12.1 Å². The van der Waals surface area contributed by atoms with Gasteiger partial charge in [-0.3, -0.25) is 4.68 Å². The monoisotopic (exact) mass is 268 g/mol. The smallest absolute Gasteiger partial charge is 0.162 e. The molecule has 1 aromatic carbocycles. The second kappa shape index (κ2) is 5.36. The number of aliphatic hydroxyl groups is 1. The van der Waals surface area contributed by atoms with E-state index in [2.05, 4.69) is 5.10 Å². The minimum atomic E-state index is -1.10. The van der Waals surface area contributed by atoms with E-state index in [4.69, 9.17) is 4.74 Å². The van der Waals surface area contributed by atoms with Gasteiger partial charge in [0.15, 0.2) is 5.75 Å². The summed E-state index contributed by atoms with van der Waals surface area (Å²) in [4.78, 5) is 0. The van der Waals surface area contributed by atoms with Crippen LogP contribution in [0.25, 0.3) is 0 Å². The second-order valence-electron chi connectivity index (χ2n) is 4.14. The molecule has 0 amide bonds. The molecule has 0 aliphatic rings. The zero-order valence-corrected chi connectivity index (χ0v) is 10.6. The van der Waals surface area contributed by atoms with Crippen molar-refractivity contribution in [3.63, 3.8) is 0 Å². The fraction of sp³-hybridized carbons (Fsp3) is 0.308. The molecule has 0 fully saturated rings. The highest BCUT2D eigenvalue weighted by Gasteiger charge is 2.21. The lowest BCUT2D eigenvalue weighted by Gasteiger charge is -2.14. The molecule has 0 bridgehead atoms. The van der Waals surface area contributed by atoms with Crippen molar-refractivity contribution in [2.75, 3.05) is 7.11 Å². The molecular formula is C13H14F2N2O2. The third kappa shape index (κ3) is 2.58. The van der Waals surface area contributed by atoms with Gasteiger partial charge in [-0.1, -0.05) is 6.07 Å². The van der Waals surface area contributed by atoms with Crippen molar-refractivity contribution >= 4 is 0 Å². The first-order chi connectivity index (χ1) is 9.04. The average molecular weight is 268 g/mol. The van der Waals surface area contributed by atoms with Crippen LogP contribution < -0.4 is 4.74 Å². The van der Waals surface area contributed by atoms with E-state index >= 15 is 0 Å². The number of aliphatic hydroxyl groups excluding tert-OH is 1. The van der Waals surface area contributed by atoms with Crippen LogP contribution in [0.4, 0.5) is 8.78 Å². The van der Waals surface area contributed by atoms with Crippen LogP contribution in [0, 0.1) is 11.6 Å². The topological polar surface area (TPSA) is 47.3 Å². The van der Waals surface area contributed by atoms with Gasteiger partial charge in [0.25, 0.3) is 0 Å². The van der Waals surface area contributed by atoms with Crippen molar-refractivity contribution in [2.45, 2.75) is 12.5 Å². The van der Waals surface area contributed by atoms with Crippen LogP contribution >= 0.6 is 0 Å². The van der Waals surface area contributed by atoms with E-state index in [9.17, 15) is 13.9 Å². The number of aromatic nitrogens is 2. The van der Waals surface area contributed by atoms with Gasteiger partial charge in [-0.05, 0) is 12.1 Å². The van der Waals surface area contributed by atoms with Crippen LogP contribution in [-0.4, -0.2) is 22.0 Å². The van der Waals surface area contributed by atoms with E-state index in [0.29, 0.717) is 11.4 Å². The number of halogens is 2. The summed E-state index contributed by atoms with van der Waals surface area (Å²) in [5, 5.41) is 14.1. The molecule has 102 valence electrons. The molecule has 1 heterocycles. The van der Waals surface area contributed by atoms with Crippen LogP contribution in [-0.2, 0) is 13.5 Å². The summed E-state index contributed by atoms with van der Waals surface area (Å²) >= 11 is 0. The molecule has 0 aliphatic carbocycles. The van der Waals surface area contributed by atoms with Crippen molar-refractivity contribution in [1.29, 1.82) is 0 Å². The molecule has 0 saturated carbocycles. The highest BCUT2D eigenvalue weighted by Crippen LogP contribution is 2.28. The molecule has 1 N–H and O–H groups in total. The summed E-state index contributed by atoms with van der Waals surface area (Å²) in [6.45, 7) is 0. The van der Waals surface area contributed by atoms with Crippen molar-refractivity contribution in [1.82, 2.24) is 9.78 Å². The van der Waals surface area contributed by atoms with Gasteiger partial charge in [-0.15, -0.1) is 0 Å². The normalized spacial score (nSPS) is 12.5. The van der Waals surface area contributed by atoms with Gasteiger partial charge in [0.2, 0.25) is 0 Å². The number of methoxy groups -OCH3 is 1. The maximum Gasteiger partial charge on any atom is 0.162 e. The predicted octanol–water partition coefficient (Wildman–Crippen LogP) is 1.98. The Balaban J connectivity index is 2.31. The van der Waals surface area contributed by atoms with Crippen LogP contribution in [0.2, 0.25) is 0 Å². The molecule has 4 nitrogen and oxygen atoms in total. The molecule has 0 aliphatic heterocycles. The molecule has 0 spiro atoms. The first-order valence-electron chi connectivity index (χ1n) is 5.71. The van der Waals surface area contributed by atoms with Crippen molar-refractivity contribution in [3.05, 3.63) is 47.3 Å². The third-order valence-corrected chi connectivity index (χ3v) is 2.94. The summed E-state index contributed by atoms with van der Waals surface area (Å²) in [7, 11) is 3.07. The third-order valence-electron chi connectivity index (χ3n) is 2.94. The lowest BCUT2D eigenvalue weighted by atomic mass is 10.0. The summed E-state index contributed by atoms with van der Waals surface area (Å²) in [5.74, 6) is -0.980. The Bertz CT molecular complexity index is 564. The number of benzene rings is 1. The SMILES string of the molecule is COc1cnn(C)c1C(O)Cc1c(F)cccc1F. The van der Waals surface area contributed by atoms with E-state index in [1.165, 1.54) is 24.1 Å². The Labute approximate surface area is 109 Å². The van der Waals surface area contributed by atoms with Gasteiger partial charge in [-0.2, -0.15) is 5.10 Å². The van der Waals surface area contributed by atoms with Gasteiger partial charge in [0.1, 0.15) is 23.4 Å². The Morgan fingerprint density at radius 2 is 2.00 bits per heavy atom. The Morgan fingerprint density at radius 1 is 1.37 bits per heavy atom. The fourth-order valence-corrected chi connectivity index (χ4v) is 1.98. The molecule has 2 aromatic rings. The molecular weight excluding hydrogens is 254 g/mol. The molecule has 1 unspecified atom stereocenters. The standard InChI is InChI=1S/C13H14F2N2O2/c1-17-13(12(19-2)7-16-17)11(18)6-8-9(14)4-3-5-10(8)15/h3-5,7,11,18H,6H2,1-2H3. The quantitative estimate of drug-likeness (QED) is 0.922.